The lowest BCUT2D eigenvalue weighted by atomic mass is 9.96. The molecule has 0 bridgehead atoms. The zero-order chi connectivity index (χ0) is 20.5. The Morgan fingerprint density at radius 3 is 1.61 bits per heavy atom. The smallest absolute Gasteiger partial charge is 0.254 e. The number of nitriles is 1. The first-order chi connectivity index (χ1) is 13.1. The van der Waals surface area contributed by atoms with Gasteiger partial charge in [0.05, 0.1) is 22.4 Å². The molecule has 0 aliphatic rings. The van der Waals surface area contributed by atoms with Crippen molar-refractivity contribution in [2.45, 2.75) is 12.4 Å². The van der Waals surface area contributed by atoms with Gasteiger partial charge in [-0.2, -0.15) is 31.6 Å². The van der Waals surface area contributed by atoms with E-state index in [1.54, 1.807) is 0 Å². The third kappa shape index (κ3) is 3.98. The average molecular weight is 392 g/mol. The van der Waals surface area contributed by atoms with Crippen LogP contribution in [0.15, 0.2) is 60.8 Å². The summed E-state index contributed by atoms with van der Waals surface area (Å²) in [7, 11) is 0. The molecule has 1 aromatic heterocycles. The van der Waals surface area contributed by atoms with E-state index < -0.39 is 23.5 Å². The van der Waals surface area contributed by atoms with Gasteiger partial charge in [0.1, 0.15) is 6.07 Å². The molecule has 3 rings (SSSR count). The molecule has 1 heterocycles. The molecular formula is C20H10F6N2. The Labute approximate surface area is 155 Å². The van der Waals surface area contributed by atoms with Gasteiger partial charge in [-0.05, 0) is 35.9 Å². The molecule has 28 heavy (non-hydrogen) atoms. The number of rotatable bonds is 2. The van der Waals surface area contributed by atoms with Crippen LogP contribution < -0.4 is 0 Å². The number of halogens is 6. The first-order valence-corrected chi connectivity index (χ1v) is 7.85. The summed E-state index contributed by atoms with van der Waals surface area (Å²) in [4.78, 5) is 4.13. The van der Waals surface area contributed by atoms with Crippen molar-refractivity contribution in [2.75, 3.05) is 0 Å². The van der Waals surface area contributed by atoms with Crippen molar-refractivity contribution < 1.29 is 26.3 Å². The SMILES string of the molecule is N#Cc1cnc(-c2ccc(C(F)(F)F)cc2)c(-c2ccc(C(F)(F)F)cc2)c1. The highest BCUT2D eigenvalue weighted by atomic mass is 19.4. The molecule has 0 N–H and O–H groups in total. The lowest BCUT2D eigenvalue weighted by Gasteiger charge is -2.12. The van der Waals surface area contributed by atoms with Crippen LogP contribution in [0.1, 0.15) is 16.7 Å². The number of nitrogens with zero attached hydrogens (tertiary/aromatic N) is 2. The van der Waals surface area contributed by atoms with E-state index in [4.69, 9.17) is 5.26 Å². The van der Waals surface area contributed by atoms with Gasteiger partial charge in [0.2, 0.25) is 0 Å². The number of pyridine rings is 1. The third-order valence-electron chi connectivity index (χ3n) is 4.03. The summed E-state index contributed by atoms with van der Waals surface area (Å²) in [5.41, 5.74) is -0.205. The van der Waals surface area contributed by atoms with Crippen molar-refractivity contribution >= 4 is 0 Å². The number of hydrogen-bond acceptors (Lipinski definition) is 2. The van der Waals surface area contributed by atoms with E-state index in [9.17, 15) is 26.3 Å². The van der Waals surface area contributed by atoms with E-state index >= 15 is 0 Å². The largest absolute Gasteiger partial charge is 0.416 e. The standard InChI is InChI=1S/C20H10F6N2/c21-19(22,23)15-5-1-13(2-6-15)17-9-12(10-27)11-28-18(17)14-3-7-16(8-4-14)20(24,25)26/h1-9,11H. The number of aromatic nitrogens is 1. The van der Waals surface area contributed by atoms with Crippen molar-refractivity contribution in [3.05, 3.63) is 77.5 Å². The van der Waals surface area contributed by atoms with Gasteiger partial charge in [-0.25, -0.2) is 0 Å². The highest BCUT2D eigenvalue weighted by molar-refractivity contribution is 5.81. The zero-order valence-electron chi connectivity index (χ0n) is 13.9. The third-order valence-corrected chi connectivity index (χ3v) is 4.03. The second kappa shape index (κ2) is 7.00. The topological polar surface area (TPSA) is 36.7 Å². The molecule has 0 fully saturated rings. The molecule has 0 radical (unpaired) electrons. The molecule has 0 aliphatic heterocycles. The van der Waals surface area contributed by atoms with Gasteiger partial charge in [0, 0.05) is 17.3 Å². The van der Waals surface area contributed by atoms with Crippen LogP contribution in [0, 0.1) is 11.3 Å². The quantitative estimate of drug-likeness (QED) is 0.478. The predicted molar refractivity (Wildman–Crippen MR) is 89.8 cm³/mol. The molecule has 2 aromatic carbocycles. The van der Waals surface area contributed by atoms with Gasteiger partial charge in [0.25, 0.3) is 0 Å². The number of alkyl halides is 6. The second-order valence-corrected chi connectivity index (χ2v) is 5.88. The van der Waals surface area contributed by atoms with Crippen LogP contribution in [-0.2, 0) is 12.4 Å². The van der Waals surface area contributed by atoms with Crippen LogP contribution in [0.5, 0.6) is 0 Å². The van der Waals surface area contributed by atoms with Crippen molar-refractivity contribution in [3.63, 3.8) is 0 Å². The Morgan fingerprint density at radius 1 is 0.714 bits per heavy atom. The van der Waals surface area contributed by atoms with Gasteiger partial charge < -0.3 is 0 Å². The van der Waals surface area contributed by atoms with Crippen LogP contribution in [0.25, 0.3) is 22.4 Å². The molecule has 0 saturated heterocycles. The van der Waals surface area contributed by atoms with Gasteiger partial charge >= 0.3 is 12.4 Å². The maximum atomic E-state index is 12.8. The summed E-state index contributed by atoms with van der Waals surface area (Å²) in [6, 6.07) is 11.8. The minimum atomic E-state index is -4.50. The zero-order valence-corrected chi connectivity index (χ0v) is 13.9. The summed E-state index contributed by atoms with van der Waals surface area (Å²) >= 11 is 0. The second-order valence-electron chi connectivity index (χ2n) is 5.88. The average Bonchev–Trinajstić information content (AvgIpc) is 2.66. The maximum Gasteiger partial charge on any atom is 0.416 e. The fourth-order valence-corrected chi connectivity index (χ4v) is 2.63. The highest BCUT2D eigenvalue weighted by Gasteiger charge is 2.31. The lowest BCUT2D eigenvalue weighted by molar-refractivity contribution is -0.138. The molecule has 142 valence electrons. The van der Waals surface area contributed by atoms with Crippen LogP contribution in [0.2, 0.25) is 0 Å². The fraction of sp³-hybridized carbons (Fsp3) is 0.100. The Bertz CT molecular complexity index is 1030. The Balaban J connectivity index is 2.10. The summed E-state index contributed by atoms with van der Waals surface area (Å²) in [5.74, 6) is 0. The maximum absolute atomic E-state index is 12.8. The number of benzene rings is 2. The van der Waals surface area contributed by atoms with Crippen molar-refractivity contribution in [1.82, 2.24) is 4.98 Å². The first kappa shape index (κ1) is 19.4. The van der Waals surface area contributed by atoms with Crippen LogP contribution in [0.3, 0.4) is 0 Å². The van der Waals surface area contributed by atoms with Gasteiger partial charge in [0.15, 0.2) is 0 Å². The van der Waals surface area contributed by atoms with E-state index in [0.29, 0.717) is 16.7 Å². The molecule has 0 amide bonds. The molecule has 0 saturated carbocycles. The van der Waals surface area contributed by atoms with E-state index in [-0.39, 0.29) is 11.3 Å². The predicted octanol–water partition coefficient (Wildman–Crippen LogP) is 6.32. The molecule has 3 aromatic rings. The lowest BCUT2D eigenvalue weighted by Crippen LogP contribution is -2.04. The first-order valence-electron chi connectivity index (χ1n) is 7.85. The molecule has 0 atom stereocenters. The van der Waals surface area contributed by atoms with Gasteiger partial charge in [-0.3, -0.25) is 4.98 Å². The van der Waals surface area contributed by atoms with Crippen LogP contribution >= 0.6 is 0 Å². The van der Waals surface area contributed by atoms with Crippen molar-refractivity contribution in [2.24, 2.45) is 0 Å². The minimum Gasteiger partial charge on any atom is -0.254 e. The molecule has 0 aliphatic carbocycles. The van der Waals surface area contributed by atoms with Crippen LogP contribution in [0.4, 0.5) is 26.3 Å². The van der Waals surface area contributed by atoms with Crippen molar-refractivity contribution in [3.8, 4) is 28.5 Å². The minimum absolute atomic E-state index is 0.172. The normalized spacial score (nSPS) is 11.9. The van der Waals surface area contributed by atoms with Crippen LogP contribution in [-0.4, -0.2) is 4.98 Å². The summed E-state index contributed by atoms with van der Waals surface area (Å²) in [6.45, 7) is 0. The van der Waals surface area contributed by atoms with Gasteiger partial charge in [-0.1, -0.05) is 24.3 Å². The summed E-state index contributed by atoms with van der Waals surface area (Å²) in [5, 5.41) is 9.08. The Kier molecular flexibility index (Phi) is 4.86. The number of hydrogen-bond donors (Lipinski definition) is 0. The Hall–Kier alpha value is -3.34. The Morgan fingerprint density at radius 2 is 1.18 bits per heavy atom. The highest BCUT2D eigenvalue weighted by Crippen LogP contribution is 2.36. The van der Waals surface area contributed by atoms with E-state index in [1.807, 2.05) is 6.07 Å². The monoisotopic (exact) mass is 392 g/mol. The molecule has 0 unspecified atom stereocenters. The van der Waals surface area contributed by atoms with E-state index in [2.05, 4.69) is 4.98 Å². The molecular weight excluding hydrogens is 382 g/mol. The summed E-state index contributed by atoms with van der Waals surface area (Å²) in [6.07, 6.45) is -7.74. The summed E-state index contributed by atoms with van der Waals surface area (Å²) < 4.78 is 76.6. The van der Waals surface area contributed by atoms with Crippen molar-refractivity contribution in [1.29, 1.82) is 5.26 Å². The fourth-order valence-electron chi connectivity index (χ4n) is 2.63. The van der Waals surface area contributed by atoms with E-state index in [0.717, 1.165) is 24.3 Å². The molecule has 8 heteroatoms. The van der Waals surface area contributed by atoms with E-state index in [1.165, 1.54) is 36.5 Å². The molecule has 0 spiro atoms. The molecule has 2 nitrogen and oxygen atoms in total. The van der Waals surface area contributed by atoms with Gasteiger partial charge in [-0.15, -0.1) is 0 Å².